The summed E-state index contributed by atoms with van der Waals surface area (Å²) in [7, 11) is 1.27. The molecule has 1 atom stereocenters. The number of rotatable bonds is 12. The number of allylic oxidation sites excluding steroid dienone is 1. The second-order valence-electron chi connectivity index (χ2n) is 10.9. The summed E-state index contributed by atoms with van der Waals surface area (Å²) in [6.07, 6.45) is 1.78. The molecule has 0 amide bonds. The summed E-state index contributed by atoms with van der Waals surface area (Å²) in [6, 6.07) is 16.0. The number of fused-ring (bicyclic) bond motifs is 1. The molecule has 49 heavy (non-hydrogen) atoms. The fourth-order valence-corrected chi connectivity index (χ4v) is 7.79. The lowest BCUT2D eigenvalue weighted by molar-refractivity contribution is -0.143. The van der Waals surface area contributed by atoms with Gasteiger partial charge in [-0.15, -0.1) is 0 Å². The molecule has 0 N–H and O–H groups in total. The van der Waals surface area contributed by atoms with Crippen LogP contribution in [0.3, 0.4) is 0 Å². The Morgan fingerprint density at radius 2 is 1.71 bits per heavy atom. The van der Waals surface area contributed by atoms with E-state index in [4.69, 9.17) is 18.9 Å². The third kappa shape index (κ3) is 8.17. The smallest absolute Gasteiger partial charge is 0.343 e. The molecule has 0 saturated heterocycles. The van der Waals surface area contributed by atoms with Gasteiger partial charge in [-0.3, -0.25) is 9.36 Å². The number of halogens is 2. The number of hydrogen-bond acceptors (Lipinski definition) is 10. The molecule has 13 heteroatoms. The minimum Gasteiger partial charge on any atom is -0.490 e. The van der Waals surface area contributed by atoms with Crippen LogP contribution in [-0.4, -0.2) is 43.4 Å². The Morgan fingerprint density at radius 3 is 2.39 bits per heavy atom. The number of nitrogens with zero attached hydrogens (tertiary/aromatic N) is 2. The lowest BCUT2D eigenvalue weighted by Crippen LogP contribution is -2.40. The van der Waals surface area contributed by atoms with E-state index in [1.54, 1.807) is 38.1 Å². The Labute approximate surface area is 303 Å². The minimum absolute atomic E-state index is 0.145. The number of aromatic nitrogens is 1. The lowest BCUT2D eigenvalue weighted by atomic mass is 9.95. The molecule has 1 aliphatic rings. The molecule has 0 radical (unpaired) electrons. The molecule has 5 rings (SSSR count). The van der Waals surface area contributed by atoms with Crippen molar-refractivity contribution in [1.82, 2.24) is 4.57 Å². The Balaban J connectivity index is 1.57. The molecule has 0 fully saturated rings. The Kier molecular flexibility index (Phi) is 11.8. The van der Waals surface area contributed by atoms with Gasteiger partial charge < -0.3 is 23.7 Å². The average molecular weight is 815 g/mol. The predicted molar refractivity (Wildman–Crippen MR) is 193 cm³/mol. The molecule has 0 bridgehead atoms. The van der Waals surface area contributed by atoms with Crippen LogP contribution in [0.1, 0.15) is 49.1 Å². The van der Waals surface area contributed by atoms with Crippen LogP contribution < -0.4 is 29.1 Å². The van der Waals surface area contributed by atoms with E-state index in [0.717, 1.165) is 16.7 Å². The minimum atomic E-state index is -0.873. The van der Waals surface area contributed by atoms with Crippen LogP contribution in [0.5, 0.6) is 17.2 Å². The molecular weight excluding hydrogens is 780 g/mol. The van der Waals surface area contributed by atoms with Crippen LogP contribution in [0, 0.1) is 6.92 Å². The summed E-state index contributed by atoms with van der Waals surface area (Å²) in [4.78, 5) is 44.4. The second kappa shape index (κ2) is 16.0. The highest BCUT2D eigenvalue weighted by molar-refractivity contribution is 9.11. The van der Waals surface area contributed by atoms with Crippen molar-refractivity contribution < 1.29 is 33.3 Å². The number of carbonyl (C=O) groups is 2. The van der Waals surface area contributed by atoms with Crippen LogP contribution in [0.25, 0.3) is 6.08 Å². The topological polar surface area (TPSA) is 115 Å². The van der Waals surface area contributed by atoms with Gasteiger partial charge >= 0.3 is 11.9 Å². The number of hydrogen-bond donors (Lipinski definition) is 0. The van der Waals surface area contributed by atoms with Crippen LogP contribution >= 0.6 is 43.2 Å². The molecule has 1 aromatic heterocycles. The molecular formula is C36H34Br2N2O8S. The molecule has 256 valence electrons. The van der Waals surface area contributed by atoms with Crippen LogP contribution in [0.2, 0.25) is 0 Å². The Bertz CT molecular complexity index is 2100. The number of carbonyl (C=O) groups excluding carboxylic acids is 2. The van der Waals surface area contributed by atoms with E-state index in [1.165, 1.54) is 23.0 Å². The van der Waals surface area contributed by atoms with Gasteiger partial charge in [0.15, 0.2) is 22.9 Å². The monoisotopic (exact) mass is 812 g/mol. The number of thiazole rings is 1. The molecule has 0 aliphatic carbocycles. The molecule has 1 aliphatic heterocycles. The first-order valence-corrected chi connectivity index (χ1v) is 17.8. The van der Waals surface area contributed by atoms with Crippen molar-refractivity contribution in [3.05, 3.63) is 117 Å². The van der Waals surface area contributed by atoms with E-state index >= 15 is 0 Å². The van der Waals surface area contributed by atoms with Gasteiger partial charge in [-0.1, -0.05) is 47.2 Å². The summed E-state index contributed by atoms with van der Waals surface area (Å²) < 4.78 is 31.1. The summed E-state index contributed by atoms with van der Waals surface area (Å²) >= 11 is 8.48. The maximum Gasteiger partial charge on any atom is 0.343 e. The SMILES string of the molecule is CCOC(=O)C1=C(C)N=c2s/c(=C\c3cc(Br)c(OCc4cccc(C)c4)c(Br)c3)c(=O)n2[C@@H]1c1ccc(OCC(=O)OC)c(OCC)c1. The Hall–Kier alpha value is -4.20. The number of benzene rings is 3. The number of aryl methyl sites for hydroxylation is 1. The van der Waals surface area contributed by atoms with Crippen molar-refractivity contribution in [1.29, 1.82) is 0 Å². The van der Waals surface area contributed by atoms with E-state index in [1.807, 2.05) is 44.2 Å². The van der Waals surface area contributed by atoms with E-state index < -0.39 is 18.0 Å². The van der Waals surface area contributed by atoms with E-state index in [9.17, 15) is 14.4 Å². The van der Waals surface area contributed by atoms with Crippen molar-refractivity contribution in [2.45, 2.75) is 40.3 Å². The Morgan fingerprint density at radius 1 is 0.959 bits per heavy atom. The van der Waals surface area contributed by atoms with Gasteiger partial charge in [0.25, 0.3) is 5.56 Å². The van der Waals surface area contributed by atoms with Crippen molar-refractivity contribution in [2.24, 2.45) is 4.99 Å². The third-order valence-electron chi connectivity index (χ3n) is 7.46. The first-order valence-electron chi connectivity index (χ1n) is 15.4. The molecule has 4 aromatic rings. The predicted octanol–water partition coefficient (Wildman–Crippen LogP) is 6.16. The van der Waals surface area contributed by atoms with Gasteiger partial charge in [0.1, 0.15) is 12.4 Å². The zero-order valence-corrected chi connectivity index (χ0v) is 31.5. The molecule has 3 aromatic carbocycles. The number of ether oxygens (including phenoxy) is 5. The molecule has 0 spiro atoms. The number of esters is 2. The van der Waals surface area contributed by atoms with Gasteiger partial charge in [0.2, 0.25) is 0 Å². The van der Waals surface area contributed by atoms with Gasteiger partial charge in [0.05, 0.1) is 51.1 Å². The molecule has 10 nitrogen and oxygen atoms in total. The van der Waals surface area contributed by atoms with Gasteiger partial charge in [-0.25, -0.2) is 14.6 Å². The summed E-state index contributed by atoms with van der Waals surface area (Å²) in [5.41, 5.74) is 3.84. The largest absolute Gasteiger partial charge is 0.490 e. The maximum absolute atomic E-state index is 14.2. The summed E-state index contributed by atoms with van der Waals surface area (Å²) in [5, 5.41) is 0. The quantitative estimate of drug-likeness (QED) is 0.156. The normalized spacial score (nSPS) is 14.2. The maximum atomic E-state index is 14.2. The summed E-state index contributed by atoms with van der Waals surface area (Å²) in [6.45, 7) is 7.81. The molecule has 0 unspecified atom stereocenters. The first kappa shape index (κ1) is 36.1. The lowest BCUT2D eigenvalue weighted by Gasteiger charge is -2.25. The molecule has 2 heterocycles. The highest BCUT2D eigenvalue weighted by atomic mass is 79.9. The van der Waals surface area contributed by atoms with Crippen molar-refractivity contribution in [3.8, 4) is 17.2 Å². The van der Waals surface area contributed by atoms with Gasteiger partial charge in [0, 0.05) is 0 Å². The fraction of sp³-hybridized carbons (Fsp3) is 0.278. The van der Waals surface area contributed by atoms with Crippen molar-refractivity contribution in [3.63, 3.8) is 0 Å². The van der Waals surface area contributed by atoms with Crippen LogP contribution in [-0.2, 0) is 25.7 Å². The van der Waals surface area contributed by atoms with Crippen LogP contribution in [0.4, 0.5) is 0 Å². The van der Waals surface area contributed by atoms with Crippen molar-refractivity contribution in [2.75, 3.05) is 26.9 Å². The zero-order chi connectivity index (χ0) is 35.2. The average Bonchev–Trinajstić information content (AvgIpc) is 3.36. The second-order valence-corrected chi connectivity index (χ2v) is 13.6. The van der Waals surface area contributed by atoms with Gasteiger partial charge in [-0.05, 0) is 107 Å². The first-order chi connectivity index (χ1) is 23.5. The van der Waals surface area contributed by atoms with Crippen molar-refractivity contribution >= 4 is 61.2 Å². The standard InChI is InChI=1S/C36H34Br2N2O8S/c1-6-45-28-17-24(11-12-27(28)47-19-30(41)44-5)32-31(35(43)46-7-2)21(4)39-36-40(32)34(42)29(49-36)16-23-14-25(37)33(26(38)15-23)48-18-22-10-8-9-20(3)13-22/h8-17,32H,6-7,18-19H2,1-5H3/b29-16-/t32-/m1/s1. The van der Waals surface area contributed by atoms with Gasteiger partial charge in [-0.2, -0.15) is 0 Å². The fourth-order valence-electron chi connectivity index (χ4n) is 5.29. The van der Waals surface area contributed by atoms with Crippen LogP contribution in [0.15, 0.2) is 84.6 Å². The highest BCUT2D eigenvalue weighted by Crippen LogP contribution is 2.37. The third-order valence-corrected chi connectivity index (χ3v) is 9.62. The number of methoxy groups -OCH3 is 1. The van der Waals surface area contributed by atoms with E-state index in [-0.39, 0.29) is 24.3 Å². The zero-order valence-electron chi connectivity index (χ0n) is 27.5. The van der Waals surface area contributed by atoms with E-state index in [2.05, 4.69) is 47.7 Å². The van der Waals surface area contributed by atoms with E-state index in [0.29, 0.717) is 60.0 Å². The summed E-state index contributed by atoms with van der Waals surface area (Å²) in [5.74, 6) is 0.151. The highest BCUT2D eigenvalue weighted by Gasteiger charge is 2.34. The molecule has 0 saturated carbocycles.